The van der Waals surface area contributed by atoms with Crippen molar-refractivity contribution in [2.24, 2.45) is 0 Å². The average Bonchev–Trinajstić information content (AvgIpc) is 2.71. The van der Waals surface area contributed by atoms with Crippen molar-refractivity contribution < 1.29 is 4.79 Å². The number of piperidine rings is 1. The van der Waals surface area contributed by atoms with Crippen LogP contribution in [0.2, 0.25) is 5.02 Å². The Bertz CT molecular complexity index is 999. The predicted octanol–water partition coefficient (Wildman–Crippen LogP) is 5.79. The number of hydrogen-bond acceptors (Lipinski definition) is 3. The SMILES string of the molecule is Cc1cc(N2CCCCC2)nc2ccc(NC(=O)Cc3ccc(Cl)cc3)cc12.Cl. The molecule has 0 atom stereocenters. The molecular weight excluding hydrogens is 405 g/mol. The van der Waals surface area contributed by atoms with Gasteiger partial charge in [0.2, 0.25) is 5.91 Å². The molecule has 152 valence electrons. The van der Waals surface area contributed by atoms with E-state index in [1.807, 2.05) is 30.3 Å². The molecule has 1 aliphatic heterocycles. The van der Waals surface area contributed by atoms with Crippen LogP contribution in [0.15, 0.2) is 48.5 Å². The molecule has 1 aliphatic rings. The summed E-state index contributed by atoms with van der Waals surface area (Å²) in [5, 5.41) is 4.74. The molecule has 2 aromatic carbocycles. The van der Waals surface area contributed by atoms with Crippen LogP contribution in [-0.2, 0) is 11.2 Å². The molecule has 6 heteroatoms. The highest BCUT2D eigenvalue weighted by molar-refractivity contribution is 6.30. The minimum absolute atomic E-state index is 0. The summed E-state index contributed by atoms with van der Waals surface area (Å²) in [6.07, 6.45) is 4.09. The number of carbonyl (C=O) groups excluding carboxylic acids is 1. The fourth-order valence-electron chi connectivity index (χ4n) is 3.73. The van der Waals surface area contributed by atoms with Crippen LogP contribution in [0.25, 0.3) is 10.9 Å². The number of halogens is 2. The van der Waals surface area contributed by atoms with Crippen molar-refractivity contribution in [2.75, 3.05) is 23.3 Å². The van der Waals surface area contributed by atoms with Crippen LogP contribution in [0.3, 0.4) is 0 Å². The Morgan fingerprint density at radius 3 is 2.52 bits per heavy atom. The van der Waals surface area contributed by atoms with E-state index in [4.69, 9.17) is 16.6 Å². The van der Waals surface area contributed by atoms with Gasteiger partial charge in [-0.1, -0.05) is 23.7 Å². The van der Waals surface area contributed by atoms with Crippen molar-refractivity contribution >= 4 is 52.3 Å². The predicted molar refractivity (Wildman–Crippen MR) is 124 cm³/mol. The molecule has 1 amide bonds. The van der Waals surface area contributed by atoms with Crippen LogP contribution >= 0.6 is 24.0 Å². The summed E-state index contributed by atoms with van der Waals surface area (Å²) in [7, 11) is 0. The highest BCUT2D eigenvalue weighted by Gasteiger charge is 2.14. The summed E-state index contributed by atoms with van der Waals surface area (Å²) in [6, 6.07) is 15.4. The van der Waals surface area contributed by atoms with Crippen LogP contribution in [-0.4, -0.2) is 24.0 Å². The minimum Gasteiger partial charge on any atom is -0.357 e. The third-order valence-electron chi connectivity index (χ3n) is 5.24. The second-order valence-electron chi connectivity index (χ2n) is 7.43. The zero-order valence-electron chi connectivity index (χ0n) is 16.5. The molecule has 0 unspecified atom stereocenters. The Kier molecular flexibility index (Phi) is 6.99. The first-order valence-corrected chi connectivity index (χ1v) is 10.2. The van der Waals surface area contributed by atoms with Crippen LogP contribution in [0.4, 0.5) is 11.5 Å². The van der Waals surface area contributed by atoms with Crippen molar-refractivity contribution in [3.63, 3.8) is 0 Å². The lowest BCUT2D eigenvalue weighted by molar-refractivity contribution is -0.115. The van der Waals surface area contributed by atoms with Crippen molar-refractivity contribution in [1.82, 2.24) is 4.98 Å². The van der Waals surface area contributed by atoms with Gasteiger partial charge in [-0.2, -0.15) is 0 Å². The summed E-state index contributed by atoms with van der Waals surface area (Å²) in [4.78, 5) is 19.6. The molecule has 0 spiro atoms. The number of amides is 1. The number of aryl methyl sites for hydroxylation is 1. The Morgan fingerprint density at radius 2 is 1.79 bits per heavy atom. The number of carbonyl (C=O) groups is 1. The Balaban J connectivity index is 0.00000240. The molecule has 3 aromatic rings. The van der Waals surface area contributed by atoms with Gasteiger partial charge in [-0.05, 0) is 73.7 Å². The van der Waals surface area contributed by atoms with Crippen molar-refractivity contribution in [2.45, 2.75) is 32.6 Å². The van der Waals surface area contributed by atoms with Gasteiger partial charge < -0.3 is 10.2 Å². The fourth-order valence-corrected chi connectivity index (χ4v) is 3.86. The third-order valence-corrected chi connectivity index (χ3v) is 5.50. The number of aromatic nitrogens is 1. The monoisotopic (exact) mass is 429 g/mol. The first-order valence-electron chi connectivity index (χ1n) is 9.79. The van der Waals surface area contributed by atoms with E-state index < -0.39 is 0 Å². The second kappa shape index (κ2) is 9.47. The Hall–Kier alpha value is -2.30. The maximum atomic E-state index is 12.4. The molecule has 1 N–H and O–H groups in total. The van der Waals surface area contributed by atoms with Crippen LogP contribution in [0.1, 0.15) is 30.4 Å². The van der Waals surface area contributed by atoms with E-state index in [0.717, 1.165) is 41.1 Å². The minimum atomic E-state index is -0.0442. The molecule has 1 fully saturated rings. The Morgan fingerprint density at radius 1 is 1.07 bits per heavy atom. The summed E-state index contributed by atoms with van der Waals surface area (Å²) in [5.41, 5.74) is 3.88. The van der Waals surface area contributed by atoms with E-state index in [0.29, 0.717) is 11.4 Å². The largest absolute Gasteiger partial charge is 0.357 e. The zero-order valence-corrected chi connectivity index (χ0v) is 18.0. The highest BCUT2D eigenvalue weighted by atomic mass is 35.5. The molecule has 0 radical (unpaired) electrons. The number of fused-ring (bicyclic) bond motifs is 1. The smallest absolute Gasteiger partial charge is 0.228 e. The fraction of sp³-hybridized carbons (Fsp3) is 0.304. The molecule has 0 aliphatic carbocycles. The summed E-state index contributed by atoms with van der Waals surface area (Å²) in [5.74, 6) is 1.02. The Labute approximate surface area is 182 Å². The van der Waals surface area contributed by atoms with Crippen LogP contribution < -0.4 is 10.2 Å². The van der Waals surface area contributed by atoms with Gasteiger partial charge in [0.1, 0.15) is 5.82 Å². The molecular formula is C23H25Cl2N3O. The standard InChI is InChI=1S/C23H24ClN3O.ClH/c1-16-13-22(27-11-3-2-4-12-27)26-21-10-9-19(15-20(16)21)25-23(28)14-17-5-7-18(24)8-6-17;/h5-10,13,15H,2-4,11-12,14H2,1H3,(H,25,28);1H. The van der Waals surface area contributed by atoms with E-state index in [-0.39, 0.29) is 18.3 Å². The van der Waals surface area contributed by atoms with Gasteiger partial charge in [-0.25, -0.2) is 4.98 Å². The van der Waals surface area contributed by atoms with Crippen LogP contribution in [0, 0.1) is 6.92 Å². The lowest BCUT2D eigenvalue weighted by Gasteiger charge is -2.28. The first kappa shape index (κ1) is 21.4. The molecule has 0 bridgehead atoms. The molecule has 29 heavy (non-hydrogen) atoms. The van der Waals surface area contributed by atoms with Crippen molar-refractivity contribution in [3.8, 4) is 0 Å². The van der Waals surface area contributed by atoms with Gasteiger partial charge in [0, 0.05) is 29.2 Å². The molecule has 0 saturated carbocycles. The molecule has 2 heterocycles. The van der Waals surface area contributed by atoms with Crippen molar-refractivity contribution in [1.29, 1.82) is 0 Å². The number of anilines is 2. The van der Waals surface area contributed by atoms with E-state index in [2.05, 4.69) is 23.2 Å². The molecule has 1 saturated heterocycles. The average molecular weight is 430 g/mol. The van der Waals surface area contributed by atoms with Gasteiger partial charge in [-0.3, -0.25) is 4.79 Å². The van der Waals surface area contributed by atoms with E-state index in [9.17, 15) is 4.79 Å². The van der Waals surface area contributed by atoms with Crippen molar-refractivity contribution in [3.05, 3.63) is 64.7 Å². The number of pyridine rings is 1. The van der Waals surface area contributed by atoms with Crippen LogP contribution in [0.5, 0.6) is 0 Å². The van der Waals surface area contributed by atoms with E-state index in [1.54, 1.807) is 12.1 Å². The highest BCUT2D eigenvalue weighted by Crippen LogP contribution is 2.27. The maximum absolute atomic E-state index is 12.4. The number of rotatable bonds is 4. The molecule has 1 aromatic heterocycles. The summed E-state index contributed by atoms with van der Waals surface area (Å²) >= 11 is 5.90. The second-order valence-corrected chi connectivity index (χ2v) is 7.86. The molecule has 4 rings (SSSR count). The normalized spacial score (nSPS) is 13.8. The third kappa shape index (κ3) is 5.20. The van der Waals surface area contributed by atoms with Gasteiger partial charge in [0.25, 0.3) is 0 Å². The van der Waals surface area contributed by atoms with E-state index >= 15 is 0 Å². The number of nitrogens with zero attached hydrogens (tertiary/aromatic N) is 2. The number of nitrogens with one attached hydrogen (secondary N) is 1. The van der Waals surface area contributed by atoms with E-state index in [1.165, 1.54) is 24.8 Å². The lowest BCUT2D eigenvalue weighted by atomic mass is 10.1. The zero-order chi connectivity index (χ0) is 19.5. The molecule has 4 nitrogen and oxygen atoms in total. The van der Waals surface area contributed by atoms with Gasteiger partial charge in [-0.15, -0.1) is 12.4 Å². The van der Waals surface area contributed by atoms with Gasteiger partial charge >= 0.3 is 0 Å². The number of hydrogen-bond donors (Lipinski definition) is 1. The first-order chi connectivity index (χ1) is 13.6. The lowest BCUT2D eigenvalue weighted by Crippen LogP contribution is -2.30. The summed E-state index contributed by atoms with van der Waals surface area (Å²) < 4.78 is 0. The number of benzene rings is 2. The quantitative estimate of drug-likeness (QED) is 0.570. The summed E-state index contributed by atoms with van der Waals surface area (Å²) in [6.45, 7) is 4.27. The topological polar surface area (TPSA) is 45.2 Å². The maximum Gasteiger partial charge on any atom is 0.228 e. The van der Waals surface area contributed by atoms with Gasteiger partial charge in [0.05, 0.1) is 11.9 Å². The van der Waals surface area contributed by atoms with Gasteiger partial charge in [0.15, 0.2) is 0 Å².